The fourth-order valence-electron chi connectivity index (χ4n) is 9.05. The summed E-state index contributed by atoms with van der Waals surface area (Å²) in [5.74, 6) is 4.19. The minimum absolute atomic E-state index is 0.00880. The van der Waals surface area contributed by atoms with Crippen LogP contribution in [-0.2, 0) is 14.0 Å². The number of ketones is 1. The summed E-state index contributed by atoms with van der Waals surface area (Å²) in [7, 11) is -1.59. The zero-order valence-electron chi connectivity index (χ0n) is 16.8. The van der Waals surface area contributed by atoms with Crippen molar-refractivity contribution in [2.24, 2.45) is 40.4 Å². The molecule has 0 amide bonds. The first-order valence-electron chi connectivity index (χ1n) is 11.1. The Morgan fingerprint density at radius 2 is 1.85 bits per heavy atom. The first-order valence-corrected chi connectivity index (χ1v) is 14.5. The number of hydrogen-bond acceptors (Lipinski definition) is 3. The predicted molar refractivity (Wildman–Crippen MR) is 102 cm³/mol. The van der Waals surface area contributed by atoms with E-state index in [1.165, 1.54) is 19.3 Å². The highest BCUT2D eigenvalue weighted by Gasteiger charge is 2.84. The Hall–Kier alpha value is -0.193. The van der Waals surface area contributed by atoms with Gasteiger partial charge in [-0.2, -0.15) is 0 Å². The van der Waals surface area contributed by atoms with Gasteiger partial charge in [0.1, 0.15) is 5.78 Å². The Kier molecular flexibility index (Phi) is 3.01. The van der Waals surface area contributed by atoms with Crippen molar-refractivity contribution in [1.29, 1.82) is 0 Å². The van der Waals surface area contributed by atoms with E-state index in [2.05, 4.69) is 26.6 Å². The first kappa shape index (κ1) is 16.7. The van der Waals surface area contributed by atoms with E-state index in [0.717, 1.165) is 55.8 Å². The van der Waals surface area contributed by atoms with E-state index < -0.39 is 8.32 Å². The lowest BCUT2D eigenvalue weighted by molar-refractivity contribution is -0.259. The van der Waals surface area contributed by atoms with Crippen molar-refractivity contribution in [1.82, 2.24) is 0 Å². The number of ether oxygens (including phenoxy) is 1. The largest absolute Gasteiger partial charge is 0.391 e. The molecule has 2 aliphatic heterocycles. The highest BCUT2D eigenvalue weighted by atomic mass is 28.4. The van der Waals surface area contributed by atoms with Crippen molar-refractivity contribution < 1.29 is 14.0 Å². The lowest BCUT2D eigenvalue weighted by atomic mass is 9.48. The van der Waals surface area contributed by atoms with Gasteiger partial charge in [-0.05, 0) is 81.3 Å². The van der Waals surface area contributed by atoms with Crippen LogP contribution in [0.1, 0.15) is 58.3 Å². The number of fused-ring (bicyclic) bond motifs is 3. The van der Waals surface area contributed by atoms with Gasteiger partial charge in [0.2, 0.25) is 0 Å². The second kappa shape index (κ2) is 4.68. The molecule has 0 aromatic rings. The highest BCUT2D eigenvalue weighted by molar-refractivity contribution is 6.69. The Bertz CT molecular complexity index is 669. The van der Waals surface area contributed by atoms with Gasteiger partial charge in [-0.3, -0.25) is 4.79 Å². The molecule has 0 radical (unpaired) electrons. The average Bonchev–Trinajstić information content (AvgIpc) is 2.86. The van der Waals surface area contributed by atoms with E-state index in [1.54, 1.807) is 0 Å². The molecule has 0 aromatic carbocycles. The van der Waals surface area contributed by atoms with Gasteiger partial charge in [-0.15, -0.1) is 0 Å². The monoisotopic (exact) mass is 374 g/mol. The number of carbonyl (C=O) groups excluding carboxylic acids is 1. The van der Waals surface area contributed by atoms with Crippen molar-refractivity contribution in [2.75, 3.05) is 0 Å². The van der Waals surface area contributed by atoms with E-state index in [0.29, 0.717) is 23.2 Å². The summed E-state index contributed by atoms with van der Waals surface area (Å²) in [5.41, 5.74) is 0.481. The van der Waals surface area contributed by atoms with Crippen molar-refractivity contribution in [3.8, 4) is 0 Å². The van der Waals surface area contributed by atoms with Crippen molar-refractivity contribution in [2.45, 2.75) is 89.8 Å². The standard InChI is InChI=1S/C22H34O3Si/c1-20-10-9-16-14(15(20)7-8-18(20)23)6-5-13-11-21(25-26(2,3)4)12-17-19(24-21)22(13,16)17/h13-17,19H,5-12H2,1-4H3/t13-,14-,15-,16-,17-,19-,20-,21+,22?/m0/s1. The summed E-state index contributed by atoms with van der Waals surface area (Å²) in [5, 5.41) is 0. The second-order valence-electron chi connectivity index (χ2n) is 11.7. The SMILES string of the molecule is C[C@]12CC[C@H]3[C@@H](CC[C@H]4C[C@@]5(O[Si](C)(C)C)C[C@H]6[C@H](O5)C436)[C@@H]1CCC2=O. The predicted octanol–water partition coefficient (Wildman–Crippen LogP) is 4.76. The molecule has 4 heteroatoms. The molecule has 7 fully saturated rings. The molecule has 5 aliphatic carbocycles. The molecule has 3 nitrogen and oxygen atoms in total. The Morgan fingerprint density at radius 3 is 2.54 bits per heavy atom. The van der Waals surface area contributed by atoms with Crippen LogP contribution in [0.4, 0.5) is 0 Å². The molecule has 9 atom stereocenters. The lowest BCUT2D eigenvalue weighted by Gasteiger charge is -2.59. The molecule has 2 heterocycles. The number of Topliss-reactive ketones (excluding diaryl/α,β-unsaturated/α-hetero) is 1. The molecular formula is C22H34O3Si. The molecule has 0 aromatic heterocycles. The lowest BCUT2D eigenvalue weighted by Crippen LogP contribution is -2.58. The quantitative estimate of drug-likeness (QED) is 0.654. The van der Waals surface area contributed by atoms with E-state index >= 15 is 0 Å². The number of carbonyl (C=O) groups is 1. The number of hydrogen-bond donors (Lipinski definition) is 0. The van der Waals surface area contributed by atoms with Crippen LogP contribution in [0.25, 0.3) is 0 Å². The maximum absolute atomic E-state index is 12.6. The van der Waals surface area contributed by atoms with Gasteiger partial charge >= 0.3 is 0 Å². The molecular weight excluding hydrogens is 340 g/mol. The maximum Gasteiger partial charge on any atom is 0.187 e. The first-order chi connectivity index (χ1) is 12.2. The van der Waals surface area contributed by atoms with Crippen molar-refractivity contribution >= 4 is 14.1 Å². The summed E-state index contributed by atoms with van der Waals surface area (Å²) >= 11 is 0. The summed E-state index contributed by atoms with van der Waals surface area (Å²) in [6.07, 6.45) is 9.92. The summed E-state index contributed by atoms with van der Waals surface area (Å²) < 4.78 is 13.3. The molecule has 26 heavy (non-hydrogen) atoms. The molecule has 7 aliphatic rings. The van der Waals surface area contributed by atoms with Crippen LogP contribution in [0.15, 0.2) is 0 Å². The van der Waals surface area contributed by atoms with E-state index in [9.17, 15) is 4.79 Å². The third-order valence-electron chi connectivity index (χ3n) is 9.66. The van der Waals surface area contributed by atoms with E-state index in [1.807, 2.05) is 0 Å². The number of rotatable bonds is 2. The zero-order valence-corrected chi connectivity index (χ0v) is 17.8. The van der Waals surface area contributed by atoms with Crippen LogP contribution in [0.3, 0.4) is 0 Å². The molecule has 4 bridgehead atoms. The van der Waals surface area contributed by atoms with Gasteiger partial charge in [0, 0.05) is 30.1 Å². The van der Waals surface area contributed by atoms with Crippen molar-refractivity contribution in [3.05, 3.63) is 0 Å². The van der Waals surface area contributed by atoms with Gasteiger partial charge in [-0.1, -0.05) is 6.92 Å². The summed E-state index contributed by atoms with van der Waals surface area (Å²) in [6, 6.07) is 0. The van der Waals surface area contributed by atoms with Crippen LogP contribution < -0.4 is 0 Å². The third-order valence-corrected chi connectivity index (χ3v) is 10.6. The minimum atomic E-state index is -1.59. The molecule has 1 spiro atoms. The molecule has 2 saturated heterocycles. The van der Waals surface area contributed by atoms with Crippen LogP contribution in [0.2, 0.25) is 19.6 Å². The zero-order chi connectivity index (χ0) is 18.1. The third kappa shape index (κ3) is 1.81. The Balaban J connectivity index is 1.31. The Morgan fingerprint density at radius 1 is 1.04 bits per heavy atom. The van der Waals surface area contributed by atoms with Crippen molar-refractivity contribution in [3.63, 3.8) is 0 Å². The summed E-state index contributed by atoms with van der Waals surface area (Å²) in [6.45, 7) is 9.19. The van der Waals surface area contributed by atoms with Gasteiger partial charge < -0.3 is 9.16 Å². The molecule has 0 N–H and O–H groups in total. The van der Waals surface area contributed by atoms with E-state index in [-0.39, 0.29) is 11.2 Å². The van der Waals surface area contributed by atoms with E-state index in [4.69, 9.17) is 9.16 Å². The minimum Gasteiger partial charge on any atom is -0.391 e. The van der Waals surface area contributed by atoms with Gasteiger partial charge in [0.05, 0.1) is 6.10 Å². The van der Waals surface area contributed by atoms with Gasteiger partial charge in [0.15, 0.2) is 14.1 Å². The normalized spacial score (nSPS) is 59.6. The average molecular weight is 375 g/mol. The van der Waals surface area contributed by atoms with Crippen LogP contribution in [0, 0.1) is 40.4 Å². The molecule has 144 valence electrons. The van der Waals surface area contributed by atoms with Gasteiger partial charge in [-0.25, -0.2) is 0 Å². The van der Waals surface area contributed by atoms with Crippen LogP contribution in [0.5, 0.6) is 0 Å². The molecule has 1 unspecified atom stereocenters. The maximum atomic E-state index is 12.6. The summed E-state index contributed by atoms with van der Waals surface area (Å²) in [4.78, 5) is 12.6. The fourth-order valence-corrected chi connectivity index (χ4v) is 10.4. The van der Waals surface area contributed by atoms with Crippen LogP contribution >= 0.6 is 0 Å². The Labute approximate surface area is 158 Å². The fraction of sp³-hybridized carbons (Fsp3) is 0.955. The smallest absolute Gasteiger partial charge is 0.187 e. The molecule has 7 rings (SSSR count). The van der Waals surface area contributed by atoms with Crippen LogP contribution in [-0.4, -0.2) is 26.0 Å². The van der Waals surface area contributed by atoms with Gasteiger partial charge in [0.25, 0.3) is 0 Å². The highest BCUT2D eigenvalue weighted by Crippen LogP contribution is 2.82. The second-order valence-corrected chi connectivity index (χ2v) is 16.2. The topological polar surface area (TPSA) is 35.5 Å². The molecule has 5 saturated carbocycles.